The summed E-state index contributed by atoms with van der Waals surface area (Å²) in [5.74, 6) is 0.140. The standard InChI is InChI=1S/C14H20N2O/c1-10(15)9-14(17)16(2)13-8-7-11-5-3-4-6-12(11)13/h3-6,10,13H,7-9,15H2,1-2H3. The summed E-state index contributed by atoms with van der Waals surface area (Å²) in [6.07, 6.45) is 2.52. The molecule has 0 aromatic heterocycles. The molecule has 1 amide bonds. The Kier molecular flexibility index (Phi) is 3.48. The van der Waals surface area contributed by atoms with Gasteiger partial charge in [0.1, 0.15) is 0 Å². The van der Waals surface area contributed by atoms with Crippen LogP contribution < -0.4 is 5.73 Å². The maximum absolute atomic E-state index is 12.0. The van der Waals surface area contributed by atoms with E-state index in [0.29, 0.717) is 6.42 Å². The third-order valence-corrected chi connectivity index (χ3v) is 3.46. The van der Waals surface area contributed by atoms with E-state index in [9.17, 15) is 4.79 Å². The molecule has 0 saturated heterocycles. The van der Waals surface area contributed by atoms with Crippen LogP contribution in [0.1, 0.15) is 36.9 Å². The lowest BCUT2D eigenvalue weighted by atomic mass is 10.1. The molecular formula is C14H20N2O. The van der Waals surface area contributed by atoms with E-state index in [4.69, 9.17) is 5.73 Å². The van der Waals surface area contributed by atoms with Gasteiger partial charge in [0, 0.05) is 19.5 Å². The molecule has 2 unspecified atom stereocenters. The molecule has 0 aliphatic heterocycles. The van der Waals surface area contributed by atoms with E-state index in [0.717, 1.165) is 12.8 Å². The molecule has 2 N–H and O–H groups in total. The highest BCUT2D eigenvalue weighted by Gasteiger charge is 2.28. The fraction of sp³-hybridized carbons (Fsp3) is 0.500. The van der Waals surface area contributed by atoms with E-state index in [-0.39, 0.29) is 18.0 Å². The number of benzene rings is 1. The average Bonchev–Trinajstić information content (AvgIpc) is 2.70. The van der Waals surface area contributed by atoms with Crippen molar-refractivity contribution < 1.29 is 4.79 Å². The summed E-state index contributed by atoms with van der Waals surface area (Å²) in [6, 6.07) is 8.55. The Morgan fingerprint density at radius 2 is 2.24 bits per heavy atom. The maximum atomic E-state index is 12.0. The number of amides is 1. The molecule has 1 aromatic carbocycles. The first kappa shape index (κ1) is 12.1. The second-order valence-corrected chi connectivity index (χ2v) is 4.94. The first-order valence-corrected chi connectivity index (χ1v) is 6.18. The van der Waals surface area contributed by atoms with E-state index < -0.39 is 0 Å². The zero-order valence-corrected chi connectivity index (χ0v) is 10.5. The van der Waals surface area contributed by atoms with Crippen molar-refractivity contribution in [1.29, 1.82) is 0 Å². The van der Waals surface area contributed by atoms with Gasteiger partial charge in [-0.05, 0) is 30.9 Å². The molecule has 1 aliphatic rings. The van der Waals surface area contributed by atoms with Gasteiger partial charge in [0.2, 0.25) is 5.91 Å². The third kappa shape index (κ3) is 2.50. The quantitative estimate of drug-likeness (QED) is 0.864. The summed E-state index contributed by atoms with van der Waals surface area (Å²) in [6.45, 7) is 1.87. The van der Waals surface area contributed by atoms with Gasteiger partial charge in [-0.3, -0.25) is 4.79 Å². The molecule has 0 heterocycles. The zero-order chi connectivity index (χ0) is 12.4. The van der Waals surface area contributed by atoms with E-state index in [1.54, 1.807) is 0 Å². The van der Waals surface area contributed by atoms with Crippen LogP contribution in [0, 0.1) is 0 Å². The highest BCUT2D eigenvalue weighted by molar-refractivity contribution is 5.77. The third-order valence-electron chi connectivity index (χ3n) is 3.46. The molecular weight excluding hydrogens is 212 g/mol. The smallest absolute Gasteiger partial charge is 0.224 e. The number of hydrogen-bond acceptors (Lipinski definition) is 2. The molecule has 0 fully saturated rings. The number of aryl methyl sites for hydroxylation is 1. The number of fused-ring (bicyclic) bond motifs is 1. The summed E-state index contributed by atoms with van der Waals surface area (Å²) < 4.78 is 0. The van der Waals surface area contributed by atoms with Crippen LogP contribution in [0.25, 0.3) is 0 Å². The van der Waals surface area contributed by atoms with Crippen LogP contribution in [0.2, 0.25) is 0 Å². The molecule has 0 saturated carbocycles. The first-order chi connectivity index (χ1) is 8.09. The van der Waals surface area contributed by atoms with Crippen LogP contribution in [0.3, 0.4) is 0 Å². The first-order valence-electron chi connectivity index (χ1n) is 6.18. The number of carbonyl (C=O) groups excluding carboxylic acids is 1. The zero-order valence-electron chi connectivity index (χ0n) is 10.5. The molecule has 2 rings (SSSR count). The molecule has 2 atom stereocenters. The van der Waals surface area contributed by atoms with Gasteiger partial charge in [-0.15, -0.1) is 0 Å². The van der Waals surface area contributed by atoms with Crippen molar-refractivity contribution in [3.63, 3.8) is 0 Å². The maximum Gasteiger partial charge on any atom is 0.224 e. The molecule has 0 radical (unpaired) electrons. The number of hydrogen-bond donors (Lipinski definition) is 1. The summed E-state index contributed by atoms with van der Waals surface area (Å²) in [4.78, 5) is 13.9. The summed E-state index contributed by atoms with van der Waals surface area (Å²) in [7, 11) is 1.89. The normalized spacial score (nSPS) is 19.8. The second kappa shape index (κ2) is 4.88. The molecule has 0 spiro atoms. The highest BCUT2D eigenvalue weighted by atomic mass is 16.2. The largest absolute Gasteiger partial charge is 0.339 e. The number of carbonyl (C=O) groups is 1. The molecule has 0 bridgehead atoms. The molecule has 3 nitrogen and oxygen atoms in total. The van der Waals surface area contributed by atoms with Crippen LogP contribution in [0.5, 0.6) is 0 Å². The Morgan fingerprint density at radius 3 is 2.94 bits per heavy atom. The summed E-state index contributed by atoms with van der Waals surface area (Å²) >= 11 is 0. The lowest BCUT2D eigenvalue weighted by molar-refractivity contribution is -0.132. The molecule has 3 heteroatoms. The Hall–Kier alpha value is -1.35. The molecule has 1 aliphatic carbocycles. The fourth-order valence-corrected chi connectivity index (χ4v) is 2.53. The van der Waals surface area contributed by atoms with Crippen LogP contribution >= 0.6 is 0 Å². The van der Waals surface area contributed by atoms with Crippen molar-refractivity contribution >= 4 is 5.91 Å². The summed E-state index contributed by atoms with van der Waals surface area (Å²) in [5, 5.41) is 0. The Balaban J connectivity index is 2.12. The highest BCUT2D eigenvalue weighted by Crippen LogP contribution is 2.34. The van der Waals surface area contributed by atoms with Crippen molar-refractivity contribution in [2.75, 3.05) is 7.05 Å². The van der Waals surface area contributed by atoms with Crippen LogP contribution in [0.4, 0.5) is 0 Å². The van der Waals surface area contributed by atoms with Crippen molar-refractivity contribution in [2.24, 2.45) is 5.73 Å². The lowest BCUT2D eigenvalue weighted by Crippen LogP contribution is -2.34. The minimum absolute atomic E-state index is 0.0680. The fourth-order valence-electron chi connectivity index (χ4n) is 2.53. The predicted molar refractivity (Wildman–Crippen MR) is 68.5 cm³/mol. The minimum atomic E-state index is -0.0680. The van der Waals surface area contributed by atoms with E-state index in [1.165, 1.54) is 11.1 Å². The van der Waals surface area contributed by atoms with Crippen LogP contribution in [-0.2, 0) is 11.2 Å². The van der Waals surface area contributed by atoms with Gasteiger partial charge in [0.05, 0.1) is 6.04 Å². The van der Waals surface area contributed by atoms with Crippen molar-refractivity contribution in [2.45, 2.75) is 38.3 Å². The van der Waals surface area contributed by atoms with Crippen LogP contribution in [0.15, 0.2) is 24.3 Å². The monoisotopic (exact) mass is 232 g/mol. The van der Waals surface area contributed by atoms with Gasteiger partial charge in [-0.1, -0.05) is 24.3 Å². The average molecular weight is 232 g/mol. The Labute approximate surface area is 103 Å². The molecule has 17 heavy (non-hydrogen) atoms. The Bertz CT molecular complexity index is 414. The van der Waals surface area contributed by atoms with Gasteiger partial charge in [-0.25, -0.2) is 0 Å². The minimum Gasteiger partial charge on any atom is -0.339 e. The van der Waals surface area contributed by atoms with E-state index in [2.05, 4.69) is 18.2 Å². The SMILES string of the molecule is CC(N)CC(=O)N(C)C1CCc2ccccc21. The lowest BCUT2D eigenvalue weighted by Gasteiger charge is -2.26. The topological polar surface area (TPSA) is 46.3 Å². The van der Waals surface area contributed by atoms with Crippen molar-refractivity contribution in [3.8, 4) is 0 Å². The van der Waals surface area contributed by atoms with Gasteiger partial charge < -0.3 is 10.6 Å². The van der Waals surface area contributed by atoms with Crippen molar-refractivity contribution in [1.82, 2.24) is 4.90 Å². The molecule has 92 valence electrons. The number of nitrogens with zero attached hydrogens (tertiary/aromatic N) is 1. The number of nitrogens with two attached hydrogens (primary N) is 1. The van der Waals surface area contributed by atoms with Gasteiger partial charge in [-0.2, -0.15) is 0 Å². The molecule has 1 aromatic rings. The van der Waals surface area contributed by atoms with Gasteiger partial charge in [0.25, 0.3) is 0 Å². The van der Waals surface area contributed by atoms with Gasteiger partial charge in [0.15, 0.2) is 0 Å². The van der Waals surface area contributed by atoms with E-state index in [1.807, 2.05) is 24.9 Å². The number of rotatable bonds is 3. The van der Waals surface area contributed by atoms with Gasteiger partial charge >= 0.3 is 0 Å². The van der Waals surface area contributed by atoms with E-state index >= 15 is 0 Å². The Morgan fingerprint density at radius 1 is 1.53 bits per heavy atom. The predicted octanol–water partition coefficient (Wildman–Crippen LogP) is 1.87. The second-order valence-electron chi connectivity index (χ2n) is 4.94. The van der Waals surface area contributed by atoms with Crippen molar-refractivity contribution in [3.05, 3.63) is 35.4 Å². The van der Waals surface area contributed by atoms with Crippen LogP contribution in [-0.4, -0.2) is 23.9 Å². The summed E-state index contributed by atoms with van der Waals surface area (Å²) in [5.41, 5.74) is 8.35.